The second kappa shape index (κ2) is 25.2. The molecule has 2 aromatic heterocycles. The molecule has 17 heteroatoms. The summed E-state index contributed by atoms with van der Waals surface area (Å²) >= 11 is 0. The molecule has 0 radical (unpaired) electrons. The quantitative estimate of drug-likeness (QED) is 0.0439. The van der Waals surface area contributed by atoms with Gasteiger partial charge < -0.3 is 54.0 Å². The molecule has 6 rings (SSSR count). The van der Waals surface area contributed by atoms with E-state index < -0.39 is 17.1 Å². The highest BCUT2D eigenvalue weighted by Crippen LogP contribution is 2.38. The molecule has 4 N–H and O–H groups in total. The molecule has 2 aliphatic heterocycles. The number of unbranched alkanes of at least 4 members (excludes halogenated alkanes) is 5. The maximum atomic E-state index is 13.9. The van der Waals surface area contributed by atoms with Gasteiger partial charge in [-0.1, -0.05) is 18.9 Å². The number of amides is 2. The van der Waals surface area contributed by atoms with Gasteiger partial charge in [-0.05, 0) is 114 Å². The van der Waals surface area contributed by atoms with Gasteiger partial charge in [0.1, 0.15) is 22.6 Å². The van der Waals surface area contributed by atoms with Gasteiger partial charge in [-0.15, -0.1) is 10.2 Å². The van der Waals surface area contributed by atoms with E-state index in [1.165, 1.54) is 0 Å². The molecular formula is C49H67N7O10. The minimum Gasteiger partial charge on any atom is -0.494 e. The van der Waals surface area contributed by atoms with Crippen LogP contribution in [0.25, 0.3) is 11.4 Å². The van der Waals surface area contributed by atoms with Gasteiger partial charge in [0.05, 0.1) is 45.7 Å². The fraction of sp³-hybridized carbons (Fsp3) is 0.551. The number of pyridine rings is 1. The molecule has 17 nitrogen and oxygen atoms in total. The van der Waals surface area contributed by atoms with E-state index in [-0.39, 0.29) is 24.5 Å². The number of carboxylic acid groups (broad SMARTS) is 1. The van der Waals surface area contributed by atoms with Crippen molar-refractivity contribution in [2.75, 3.05) is 71.3 Å². The second-order valence-corrected chi connectivity index (χ2v) is 17.7. The van der Waals surface area contributed by atoms with Gasteiger partial charge in [-0.3, -0.25) is 14.6 Å². The monoisotopic (exact) mass is 913 g/mol. The van der Waals surface area contributed by atoms with Crippen LogP contribution in [0.1, 0.15) is 119 Å². The number of carbonyl (C=O) groups is 3. The van der Waals surface area contributed by atoms with Crippen molar-refractivity contribution in [2.45, 2.75) is 109 Å². The molecule has 4 aromatic rings. The number of piperidine rings is 1. The van der Waals surface area contributed by atoms with Crippen LogP contribution in [-0.2, 0) is 29.3 Å². The maximum Gasteiger partial charge on any atom is 0.410 e. The molecule has 358 valence electrons. The number of carbonyl (C=O) groups excluding carboxylic acids is 2. The number of hydrogen-bond acceptors (Lipinski definition) is 13. The zero-order chi connectivity index (χ0) is 46.6. The number of fused-ring (bicyclic) bond motifs is 1. The van der Waals surface area contributed by atoms with Crippen molar-refractivity contribution in [3.05, 3.63) is 83.9 Å². The molecule has 1 saturated heterocycles. The summed E-state index contributed by atoms with van der Waals surface area (Å²) in [5.74, 6) is 1.74. The number of aromatic amines is 1. The fourth-order valence-electron chi connectivity index (χ4n) is 7.85. The molecule has 2 aromatic carbocycles. The van der Waals surface area contributed by atoms with Crippen LogP contribution in [0.3, 0.4) is 0 Å². The van der Waals surface area contributed by atoms with E-state index in [1.54, 1.807) is 23.4 Å². The van der Waals surface area contributed by atoms with E-state index in [9.17, 15) is 14.4 Å². The number of anilines is 1. The van der Waals surface area contributed by atoms with E-state index in [2.05, 4.69) is 30.8 Å². The largest absolute Gasteiger partial charge is 0.494 e. The Bertz CT molecular complexity index is 2120. The van der Waals surface area contributed by atoms with Crippen molar-refractivity contribution in [1.82, 2.24) is 30.4 Å². The van der Waals surface area contributed by atoms with Crippen molar-refractivity contribution in [3.8, 4) is 22.9 Å². The highest BCUT2D eigenvalue weighted by atomic mass is 16.6. The first-order chi connectivity index (χ1) is 32.0. The molecule has 1 fully saturated rings. The summed E-state index contributed by atoms with van der Waals surface area (Å²) in [6.07, 6.45) is 11.2. The first-order valence-corrected chi connectivity index (χ1v) is 23.3. The Kier molecular flexibility index (Phi) is 19.0. The van der Waals surface area contributed by atoms with Crippen molar-refractivity contribution in [1.29, 1.82) is 0 Å². The summed E-state index contributed by atoms with van der Waals surface area (Å²) in [7, 11) is 0. The summed E-state index contributed by atoms with van der Waals surface area (Å²) in [5, 5.41) is 24.7. The van der Waals surface area contributed by atoms with Crippen molar-refractivity contribution in [2.24, 2.45) is 0 Å². The van der Waals surface area contributed by atoms with Gasteiger partial charge >= 0.3 is 12.1 Å². The number of aliphatic carboxylic acids is 1. The lowest BCUT2D eigenvalue weighted by molar-refractivity contribution is -0.137. The zero-order valence-electron chi connectivity index (χ0n) is 38.7. The minimum atomic E-state index is -0.754. The van der Waals surface area contributed by atoms with Crippen LogP contribution < -0.4 is 20.1 Å². The third-order valence-corrected chi connectivity index (χ3v) is 11.4. The lowest BCUT2D eigenvalue weighted by atomic mass is 9.86. The Balaban J connectivity index is 0.945. The van der Waals surface area contributed by atoms with Crippen LogP contribution in [-0.4, -0.2) is 120 Å². The Hall–Kier alpha value is -5.78. The molecular weight excluding hydrogens is 847 g/mol. The molecule has 1 atom stereocenters. The molecule has 66 heavy (non-hydrogen) atoms. The summed E-state index contributed by atoms with van der Waals surface area (Å²) in [6.45, 7) is 10.9. The van der Waals surface area contributed by atoms with Gasteiger partial charge in [0, 0.05) is 73.9 Å². The number of H-pyrrole nitrogens is 1. The van der Waals surface area contributed by atoms with Gasteiger partial charge in [0.2, 0.25) is 0 Å². The number of nitrogens with zero attached hydrogens (tertiary/aromatic N) is 4. The fourth-order valence-corrected chi connectivity index (χ4v) is 7.85. The average Bonchev–Trinajstić information content (AvgIpc) is 3.81. The summed E-state index contributed by atoms with van der Waals surface area (Å²) in [4.78, 5) is 46.7. The molecule has 4 heterocycles. The number of aromatic nitrogens is 4. The highest BCUT2D eigenvalue weighted by molar-refractivity contribution is 5.95. The van der Waals surface area contributed by atoms with Crippen LogP contribution in [0.4, 0.5) is 10.5 Å². The van der Waals surface area contributed by atoms with Crippen LogP contribution in [0, 0.1) is 0 Å². The lowest BCUT2D eigenvalue weighted by Gasteiger charge is -2.41. The Morgan fingerprint density at radius 3 is 2.21 bits per heavy atom. The standard InChI is InChI=1S/C49H67N7O10/c1-48(2,3)66-47(60)56-24-20-49(21-25-56,46-52-44(54-55-46)36-17-22-50-23-18-36)53-38-13-11-12-37(34-38)45(59)51-41-19-29-65-42-16-15-39(35-40(41)42)64-28-10-5-4-8-26-61-30-32-63-33-31-62-27-9-6-7-14-43(57)58/h11-13,15-18,22-23,34-35,41,53H,4-10,14,19-21,24-33H2,1-3H3,(H,51,59)(H,57,58)(H,52,54,55). The first kappa shape index (κ1) is 49.6. The second-order valence-electron chi connectivity index (χ2n) is 17.7. The third-order valence-electron chi connectivity index (χ3n) is 11.4. The van der Waals surface area contributed by atoms with Gasteiger partial charge in [-0.2, -0.15) is 0 Å². The van der Waals surface area contributed by atoms with Crippen molar-refractivity contribution in [3.63, 3.8) is 0 Å². The summed E-state index contributed by atoms with van der Waals surface area (Å²) in [5.41, 5.74) is 1.63. The minimum absolute atomic E-state index is 0.211. The van der Waals surface area contributed by atoms with Gasteiger partial charge in [0.15, 0.2) is 11.6 Å². The molecule has 0 spiro atoms. The van der Waals surface area contributed by atoms with Crippen LogP contribution >= 0.6 is 0 Å². The first-order valence-electron chi connectivity index (χ1n) is 23.3. The van der Waals surface area contributed by atoms with E-state index >= 15 is 0 Å². The SMILES string of the molecule is CC(C)(C)OC(=O)N1CCC(Nc2cccc(C(=O)NC3CCOc4ccc(OCCCCCCOCCOCCOCCCCCC(=O)O)cc43)c2)(c2nnc(-c3ccncc3)[nH]2)CC1. The maximum absolute atomic E-state index is 13.9. The Morgan fingerprint density at radius 1 is 0.833 bits per heavy atom. The number of ether oxygens (including phenoxy) is 6. The Labute approximate surface area is 387 Å². The lowest BCUT2D eigenvalue weighted by Crippen LogP contribution is -2.50. The number of likely N-dealkylation sites (tertiary alicyclic amines) is 1. The molecule has 1 unspecified atom stereocenters. The van der Waals surface area contributed by atoms with Crippen LogP contribution in [0.5, 0.6) is 11.5 Å². The number of rotatable bonds is 26. The number of hydrogen-bond donors (Lipinski definition) is 4. The predicted octanol–water partition coefficient (Wildman–Crippen LogP) is 8.09. The molecule has 2 amide bonds. The summed E-state index contributed by atoms with van der Waals surface area (Å²) < 4.78 is 34.6. The van der Waals surface area contributed by atoms with Crippen LogP contribution in [0.15, 0.2) is 67.0 Å². The number of carboxylic acids is 1. The molecule has 0 aliphatic carbocycles. The van der Waals surface area contributed by atoms with Crippen molar-refractivity contribution < 1.29 is 47.9 Å². The molecule has 2 aliphatic rings. The van der Waals surface area contributed by atoms with E-state index in [4.69, 9.17) is 33.5 Å². The average molecular weight is 914 g/mol. The number of nitrogens with one attached hydrogen (secondary N) is 3. The van der Waals surface area contributed by atoms with E-state index in [0.29, 0.717) is 109 Å². The Morgan fingerprint density at radius 2 is 1.52 bits per heavy atom. The molecule has 0 saturated carbocycles. The van der Waals surface area contributed by atoms with E-state index in [1.807, 2.05) is 69.3 Å². The zero-order valence-corrected chi connectivity index (χ0v) is 38.7. The smallest absolute Gasteiger partial charge is 0.410 e. The number of benzene rings is 2. The normalized spacial score (nSPS) is 15.6. The highest BCUT2D eigenvalue weighted by Gasteiger charge is 2.41. The summed E-state index contributed by atoms with van der Waals surface area (Å²) in [6, 6.07) is 16.7. The topological polar surface area (TPSA) is 209 Å². The van der Waals surface area contributed by atoms with Gasteiger partial charge in [0.25, 0.3) is 5.91 Å². The molecule has 0 bridgehead atoms. The third kappa shape index (κ3) is 15.7. The van der Waals surface area contributed by atoms with Crippen LogP contribution in [0.2, 0.25) is 0 Å². The van der Waals surface area contributed by atoms with Gasteiger partial charge in [-0.25, -0.2) is 4.79 Å². The van der Waals surface area contributed by atoms with E-state index in [0.717, 1.165) is 66.8 Å². The predicted molar refractivity (Wildman–Crippen MR) is 248 cm³/mol. The van der Waals surface area contributed by atoms with Crippen molar-refractivity contribution >= 4 is 23.7 Å².